The highest BCUT2D eigenvalue weighted by molar-refractivity contribution is 7.90. The van der Waals surface area contributed by atoms with Crippen molar-refractivity contribution in [1.29, 1.82) is 0 Å². The van der Waals surface area contributed by atoms with Gasteiger partial charge < -0.3 is 9.84 Å². The van der Waals surface area contributed by atoms with Gasteiger partial charge in [0.15, 0.2) is 0 Å². The predicted molar refractivity (Wildman–Crippen MR) is 83.0 cm³/mol. The summed E-state index contributed by atoms with van der Waals surface area (Å²) in [6.45, 7) is 0.141. The fraction of sp³-hybridized carbons (Fsp3) is 0.308. The molecule has 1 N–H and O–H groups in total. The molecule has 1 rings (SSSR count). The van der Waals surface area contributed by atoms with Crippen LogP contribution in [0.4, 0.5) is 0 Å². The van der Waals surface area contributed by atoms with E-state index in [9.17, 15) is 13.2 Å². The van der Waals surface area contributed by atoms with Crippen molar-refractivity contribution in [2.24, 2.45) is 0 Å². The van der Waals surface area contributed by atoms with Crippen LogP contribution in [-0.2, 0) is 14.6 Å². The lowest BCUT2D eigenvalue weighted by Gasteiger charge is -2.11. The van der Waals surface area contributed by atoms with Crippen LogP contribution in [0.5, 0.6) is 5.75 Å². The zero-order valence-electron chi connectivity index (χ0n) is 11.2. The van der Waals surface area contributed by atoms with Crippen LogP contribution >= 0.6 is 23.2 Å². The monoisotopic (exact) mass is 352 g/mol. The van der Waals surface area contributed by atoms with E-state index in [0.717, 1.165) is 12.3 Å². The zero-order chi connectivity index (χ0) is 16.0. The van der Waals surface area contributed by atoms with Crippen molar-refractivity contribution >= 4 is 45.1 Å². The van der Waals surface area contributed by atoms with E-state index in [1.54, 1.807) is 0 Å². The predicted octanol–water partition coefficient (Wildman–Crippen LogP) is 2.90. The molecule has 1 aromatic carbocycles. The van der Waals surface area contributed by atoms with Crippen LogP contribution in [0.1, 0.15) is 12.0 Å². The van der Waals surface area contributed by atoms with Crippen LogP contribution in [-0.4, -0.2) is 38.1 Å². The summed E-state index contributed by atoms with van der Waals surface area (Å²) in [7, 11) is -3.05. The Kier molecular flexibility index (Phi) is 6.51. The fourth-order valence-corrected chi connectivity index (χ4v) is 2.72. The second-order valence-electron chi connectivity index (χ2n) is 4.31. The summed E-state index contributed by atoms with van der Waals surface area (Å²) in [6.07, 6.45) is 3.69. The molecule has 116 valence electrons. The van der Waals surface area contributed by atoms with Gasteiger partial charge in [0.1, 0.15) is 15.6 Å². The fourth-order valence-electron chi connectivity index (χ4n) is 1.51. The second kappa shape index (κ2) is 7.68. The number of aliphatic carboxylic acids is 1. The molecule has 21 heavy (non-hydrogen) atoms. The Morgan fingerprint density at radius 2 is 2.05 bits per heavy atom. The number of benzene rings is 1. The molecular formula is C13H14Cl2O5S. The quantitative estimate of drug-likeness (QED) is 0.602. The van der Waals surface area contributed by atoms with E-state index < -0.39 is 15.8 Å². The molecule has 0 radical (unpaired) electrons. The van der Waals surface area contributed by atoms with Crippen molar-refractivity contribution in [2.45, 2.75) is 6.42 Å². The maximum absolute atomic E-state index is 11.0. The van der Waals surface area contributed by atoms with E-state index in [1.165, 1.54) is 18.2 Å². The Morgan fingerprint density at radius 1 is 1.38 bits per heavy atom. The highest BCUT2D eigenvalue weighted by Crippen LogP contribution is 2.33. The number of rotatable bonds is 7. The third-order valence-electron chi connectivity index (χ3n) is 2.35. The molecule has 0 unspecified atom stereocenters. The van der Waals surface area contributed by atoms with Crippen molar-refractivity contribution in [3.05, 3.63) is 33.8 Å². The van der Waals surface area contributed by atoms with Crippen LogP contribution in [0.3, 0.4) is 0 Å². The lowest BCUT2D eigenvalue weighted by Crippen LogP contribution is -2.08. The molecule has 0 aliphatic rings. The van der Waals surface area contributed by atoms with Crippen LogP contribution in [0.15, 0.2) is 18.2 Å². The average Bonchev–Trinajstić information content (AvgIpc) is 2.32. The molecule has 0 atom stereocenters. The maximum atomic E-state index is 11.0. The van der Waals surface area contributed by atoms with Gasteiger partial charge in [0.2, 0.25) is 0 Å². The number of sulfone groups is 1. The number of carboxylic acid groups (broad SMARTS) is 1. The second-order valence-corrected chi connectivity index (χ2v) is 7.41. The molecule has 0 fully saturated rings. The van der Waals surface area contributed by atoms with Gasteiger partial charge in [-0.1, -0.05) is 23.2 Å². The minimum Gasteiger partial charge on any atom is -0.491 e. The third-order valence-corrected chi connectivity index (χ3v) is 3.88. The van der Waals surface area contributed by atoms with Crippen LogP contribution in [0.2, 0.25) is 10.0 Å². The molecule has 5 nitrogen and oxygen atoms in total. The SMILES string of the molecule is CS(=O)(=O)CCCOc1c(Cl)cc(Cl)cc1C=CC(=O)O. The van der Waals surface area contributed by atoms with Gasteiger partial charge in [0, 0.05) is 22.9 Å². The Hall–Kier alpha value is -1.24. The lowest BCUT2D eigenvalue weighted by molar-refractivity contribution is -0.131. The van der Waals surface area contributed by atoms with Gasteiger partial charge in [-0.3, -0.25) is 0 Å². The topological polar surface area (TPSA) is 80.7 Å². The van der Waals surface area contributed by atoms with Gasteiger partial charge in [-0.05, 0) is 24.6 Å². The Morgan fingerprint density at radius 3 is 2.62 bits per heavy atom. The van der Waals surface area contributed by atoms with Crippen LogP contribution in [0.25, 0.3) is 6.08 Å². The number of carboxylic acids is 1. The molecule has 0 saturated heterocycles. The molecule has 0 bridgehead atoms. The van der Waals surface area contributed by atoms with Gasteiger partial charge in [-0.2, -0.15) is 0 Å². The van der Waals surface area contributed by atoms with E-state index in [1.807, 2.05) is 0 Å². The van der Waals surface area contributed by atoms with E-state index >= 15 is 0 Å². The van der Waals surface area contributed by atoms with E-state index in [4.69, 9.17) is 33.0 Å². The summed E-state index contributed by atoms with van der Waals surface area (Å²) in [4.78, 5) is 10.6. The summed E-state index contributed by atoms with van der Waals surface area (Å²) in [5.74, 6) is -0.848. The number of ether oxygens (including phenoxy) is 1. The highest BCUT2D eigenvalue weighted by Gasteiger charge is 2.10. The Bertz CT molecular complexity index is 653. The maximum Gasteiger partial charge on any atom is 0.328 e. The van der Waals surface area contributed by atoms with E-state index in [2.05, 4.69) is 0 Å². The smallest absolute Gasteiger partial charge is 0.328 e. The first-order valence-electron chi connectivity index (χ1n) is 5.89. The minimum atomic E-state index is -3.05. The normalized spacial score (nSPS) is 11.8. The standard InChI is InChI=1S/C13H14Cl2O5S/c1-21(18,19)6-2-5-20-13-9(3-4-12(16)17)7-10(14)8-11(13)15/h3-4,7-8H,2,5-6H2,1H3,(H,16,17). The summed E-state index contributed by atoms with van der Waals surface area (Å²) in [5, 5.41) is 9.22. The van der Waals surface area contributed by atoms with Crippen LogP contribution in [0, 0.1) is 0 Å². The molecule has 0 heterocycles. The van der Waals surface area contributed by atoms with E-state index in [-0.39, 0.29) is 23.1 Å². The van der Waals surface area contributed by atoms with Gasteiger partial charge in [0.05, 0.1) is 17.4 Å². The van der Waals surface area contributed by atoms with Gasteiger partial charge in [0.25, 0.3) is 0 Å². The minimum absolute atomic E-state index is 0.00148. The first-order chi connectivity index (χ1) is 9.69. The average molecular weight is 353 g/mol. The van der Waals surface area contributed by atoms with Gasteiger partial charge >= 0.3 is 5.97 Å². The van der Waals surface area contributed by atoms with Crippen molar-refractivity contribution in [3.63, 3.8) is 0 Å². The zero-order valence-corrected chi connectivity index (χ0v) is 13.5. The number of hydrogen-bond donors (Lipinski definition) is 1. The molecule has 0 aromatic heterocycles. The van der Waals surface area contributed by atoms with Crippen molar-refractivity contribution < 1.29 is 23.1 Å². The molecule has 8 heteroatoms. The largest absolute Gasteiger partial charge is 0.491 e. The van der Waals surface area contributed by atoms with Crippen molar-refractivity contribution in [1.82, 2.24) is 0 Å². The van der Waals surface area contributed by atoms with Crippen molar-refractivity contribution in [2.75, 3.05) is 18.6 Å². The summed E-state index contributed by atoms with van der Waals surface area (Å²) >= 11 is 11.9. The lowest BCUT2D eigenvalue weighted by atomic mass is 10.2. The first-order valence-corrected chi connectivity index (χ1v) is 8.71. The summed E-state index contributed by atoms with van der Waals surface area (Å²) < 4.78 is 27.5. The number of hydrogen-bond acceptors (Lipinski definition) is 4. The summed E-state index contributed by atoms with van der Waals surface area (Å²) in [5.41, 5.74) is 0.411. The summed E-state index contributed by atoms with van der Waals surface area (Å²) in [6, 6.07) is 2.98. The van der Waals surface area contributed by atoms with Gasteiger partial charge in [-0.25, -0.2) is 13.2 Å². The van der Waals surface area contributed by atoms with Crippen molar-refractivity contribution in [3.8, 4) is 5.75 Å². The number of halogens is 2. The van der Waals surface area contributed by atoms with Crippen LogP contribution < -0.4 is 4.74 Å². The Balaban J connectivity index is 2.87. The third kappa shape index (κ3) is 6.84. The molecule has 1 aromatic rings. The Labute approximate surface area is 133 Å². The highest BCUT2D eigenvalue weighted by atomic mass is 35.5. The molecule has 0 saturated carbocycles. The van der Waals surface area contributed by atoms with E-state index in [0.29, 0.717) is 17.0 Å². The molecule has 0 spiro atoms. The molecule has 0 aliphatic heterocycles. The molecule has 0 amide bonds. The number of carbonyl (C=O) groups is 1. The van der Waals surface area contributed by atoms with Gasteiger partial charge in [-0.15, -0.1) is 0 Å². The molecular weight excluding hydrogens is 339 g/mol. The first kappa shape index (κ1) is 17.8. The molecule has 0 aliphatic carbocycles.